The Morgan fingerprint density at radius 1 is 0.190 bits per heavy atom. The fraction of sp³-hybridized carbons (Fsp3) is 0.939. The van der Waals surface area contributed by atoms with E-state index >= 15 is 0 Å². The largest absolute Gasteiger partial charge is 0.394 e. The lowest BCUT2D eigenvalue weighted by Crippen LogP contribution is -2.71. The summed E-state index contributed by atoms with van der Waals surface area (Å²) in [4.78, 5) is 65.6. The van der Waals surface area contributed by atoms with Crippen molar-refractivity contribution in [2.75, 3.05) is 72.7 Å². The molecule has 0 bridgehead atoms. The van der Waals surface area contributed by atoms with Gasteiger partial charge in [-0.25, -0.2) is 0 Å². The molecular formula is C82H137N5O60. The van der Waals surface area contributed by atoms with Crippen molar-refractivity contribution in [2.45, 2.75) is 410 Å². The van der Waals surface area contributed by atoms with E-state index in [9.17, 15) is 187 Å². The highest BCUT2D eigenvalue weighted by molar-refractivity contribution is 5.75. The molecule has 147 heavy (non-hydrogen) atoms. The first-order chi connectivity index (χ1) is 69.5. The topological polar surface area (TPSA) is 1010 Å². The van der Waals surface area contributed by atoms with E-state index < -0.39 is 470 Å². The summed E-state index contributed by atoms with van der Waals surface area (Å²) in [5.41, 5.74) is 0. The smallest absolute Gasteiger partial charge is 0.217 e. The summed E-state index contributed by atoms with van der Waals surface area (Å²) in [5, 5.41) is 373. The molecule has 0 spiro atoms. The lowest BCUT2D eigenvalue weighted by Gasteiger charge is -2.51. The van der Waals surface area contributed by atoms with Crippen LogP contribution in [0.2, 0.25) is 0 Å². The fourth-order valence-electron chi connectivity index (χ4n) is 19.1. The van der Waals surface area contributed by atoms with Crippen LogP contribution in [0.15, 0.2) is 0 Å². The Morgan fingerprint density at radius 2 is 0.422 bits per heavy atom. The average Bonchev–Trinajstić information content (AvgIpc) is 0.766. The number of ether oxygens (including phenoxy) is 23. The van der Waals surface area contributed by atoms with Crippen molar-refractivity contribution in [1.82, 2.24) is 26.6 Å². The van der Waals surface area contributed by atoms with Crippen molar-refractivity contribution < 1.29 is 296 Å². The second-order valence-electron chi connectivity index (χ2n) is 37.4. The molecule has 0 aromatic rings. The van der Waals surface area contributed by atoms with Crippen LogP contribution < -0.4 is 26.6 Å². The lowest BCUT2D eigenvalue weighted by molar-refractivity contribution is -0.399. The summed E-state index contributed by atoms with van der Waals surface area (Å²) in [6, 6.07) is -9.96. The quantitative estimate of drug-likeness (QED) is 0.0273. The van der Waals surface area contributed by atoms with Crippen LogP contribution >= 0.6 is 0 Å². The van der Waals surface area contributed by atoms with Crippen LogP contribution in [0, 0.1) is 0 Å². The summed E-state index contributed by atoms with van der Waals surface area (Å²) < 4.78 is 138. The van der Waals surface area contributed by atoms with Crippen molar-refractivity contribution >= 4 is 29.5 Å². The highest BCUT2D eigenvalue weighted by atomic mass is 16.8. The van der Waals surface area contributed by atoms with Gasteiger partial charge in [-0.15, -0.1) is 0 Å². The molecule has 0 aliphatic carbocycles. The Kier molecular flexibility index (Phi) is 43.4. The third-order valence-electron chi connectivity index (χ3n) is 27.0. The molecule has 37 N–H and O–H groups in total. The number of carbonyl (C=O) groups excluding carboxylic acids is 5. The number of rotatable bonds is 38. The molecule has 0 saturated carbocycles. The van der Waals surface area contributed by atoms with Crippen LogP contribution in [-0.2, 0) is 133 Å². The van der Waals surface area contributed by atoms with E-state index in [4.69, 9.17) is 109 Å². The minimum Gasteiger partial charge on any atom is -0.394 e. The van der Waals surface area contributed by atoms with Gasteiger partial charge in [0.15, 0.2) is 75.5 Å². The zero-order chi connectivity index (χ0) is 108. The van der Waals surface area contributed by atoms with Gasteiger partial charge in [-0.1, -0.05) is 0 Å². The van der Waals surface area contributed by atoms with Crippen LogP contribution in [0.25, 0.3) is 0 Å². The van der Waals surface area contributed by atoms with E-state index in [1.54, 1.807) is 0 Å². The molecule has 0 aromatic carbocycles. The predicted octanol–water partition coefficient (Wildman–Crippen LogP) is -25.4. The third kappa shape index (κ3) is 27.0. The Balaban J connectivity index is 0.913. The summed E-state index contributed by atoms with van der Waals surface area (Å²) in [6.07, 6.45) is -118. The fourth-order valence-corrected chi connectivity index (χ4v) is 19.1. The molecule has 12 aliphatic heterocycles. The number of amides is 5. The average molecular weight is 2150 g/mol. The number of hydrogen-bond acceptors (Lipinski definition) is 60. The van der Waals surface area contributed by atoms with Crippen molar-refractivity contribution in [3.05, 3.63) is 0 Å². The van der Waals surface area contributed by atoms with Gasteiger partial charge in [0.05, 0.1) is 78.8 Å². The molecule has 65 heteroatoms. The van der Waals surface area contributed by atoms with Gasteiger partial charge in [0, 0.05) is 34.6 Å². The highest BCUT2D eigenvalue weighted by Crippen LogP contribution is 2.42. The molecule has 12 saturated heterocycles. The molecule has 60 atom stereocenters. The predicted molar refractivity (Wildman–Crippen MR) is 452 cm³/mol. The Labute approximate surface area is 832 Å². The first-order valence-electron chi connectivity index (χ1n) is 47.0. The summed E-state index contributed by atoms with van der Waals surface area (Å²) in [5.74, 6) is -4.95. The van der Waals surface area contributed by atoms with Crippen LogP contribution in [0.1, 0.15) is 41.5 Å². The molecule has 12 aliphatic rings. The van der Waals surface area contributed by atoms with Gasteiger partial charge in [0.25, 0.3) is 0 Å². The number of nitrogens with one attached hydrogen (secondary N) is 5. The van der Waals surface area contributed by atoms with E-state index in [1.165, 1.54) is 6.92 Å². The molecule has 0 aromatic heterocycles. The van der Waals surface area contributed by atoms with E-state index in [0.717, 1.165) is 34.6 Å². The summed E-state index contributed by atoms with van der Waals surface area (Å²) >= 11 is 0. The second-order valence-corrected chi connectivity index (χ2v) is 37.4. The van der Waals surface area contributed by atoms with E-state index in [-0.39, 0.29) is 0 Å². The van der Waals surface area contributed by atoms with Gasteiger partial charge in [-0.2, -0.15) is 0 Å². The van der Waals surface area contributed by atoms with Crippen LogP contribution in [0.5, 0.6) is 0 Å². The Morgan fingerprint density at radius 3 is 0.789 bits per heavy atom. The molecule has 850 valence electrons. The first kappa shape index (κ1) is 121. The Hall–Kier alpha value is -4.85. The lowest BCUT2D eigenvalue weighted by atomic mass is 9.93. The van der Waals surface area contributed by atoms with E-state index in [2.05, 4.69) is 26.6 Å². The molecule has 65 nitrogen and oxygen atoms in total. The first-order valence-corrected chi connectivity index (χ1v) is 47.0. The number of aliphatic hydroxyl groups excluding tert-OH is 32. The van der Waals surface area contributed by atoms with Crippen LogP contribution in [0.3, 0.4) is 0 Å². The molecule has 12 heterocycles. The highest BCUT2D eigenvalue weighted by Gasteiger charge is 2.63. The minimum atomic E-state index is -2.75. The van der Waals surface area contributed by atoms with Gasteiger partial charge in [0.2, 0.25) is 29.5 Å². The van der Waals surface area contributed by atoms with Crippen molar-refractivity contribution in [1.29, 1.82) is 0 Å². The maximum Gasteiger partial charge on any atom is 0.217 e. The van der Waals surface area contributed by atoms with E-state index in [1.807, 2.05) is 0 Å². The minimum absolute atomic E-state index is 0.883. The van der Waals surface area contributed by atoms with Crippen molar-refractivity contribution in [3.8, 4) is 0 Å². The SMILES string of the molecule is CC(=O)N[C@@H]1[C@@H](O)[C@H](O[C@@H]2O[C@H](CO)[C@@H](O[C@@H]3O[C@H](CO[C@H]4O[C@H](CO[C@H]5O[C@H](CO)[C@@H](O[C@@H]6O[C@H](CO)[C@H](O)[C@H](O)[C@H]6O)[C@H](O)[C@H]5NC(C)=O)[C@@H](O)[C@H](O)[C@@H]4O[C@@H]4O[C@H](CO)[C@@H](O[C@@H]5O[C@H](CO)[C@H](O)[C@H](O)[C@H]5O)[C@H](O)[C@H]4NC(C)=O)[C@@H](O)[C@H](O[C@H]4O[C@H](CO)[C@@H](O)[C@H](O)[C@@H]4O[C@@H]4O[C@H](CO)[C@@H](O[C@@H]5O[C@H](CO)[C@H](O)[C@H](O)[C@H]5O)[C@H](O)[C@H]4NC(C)=O)[C@@H]3O)[C@H](O)[C@H]2NC(C)=O)[C@@H](CO[C@H]2O[C@H](C)[C@H](O)[C@H](O)[C@H]2O)O[C@@H]1O. The van der Waals surface area contributed by atoms with E-state index in [0.29, 0.717) is 0 Å². The maximum atomic E-state index is 13.5. The third-order valence-corrected chi connectivity index (χ3v) is 27.0. The summed E-state index contributed by atoms with van der Waals surface area (Å²) in [6.45, 7) is -6.88. The van der Waals surface area contributed by atoms with Gasteiger partial charge >= 0.3 is 0 Å². The van der Waals surface area contributed by atoms with Gasteiger partial charge < -0.3 is 299 Å². The molecule has 12 rings (SSSR count). The molecular weight excluding hydrogens is 2010 g/mol. The van der Waals surface area contributed by atoms with Crippen LogP contribution in [0.4, 0.5) is 0 Å². The molecule has 12 fully saturated rings. The standard InChI is InChI=1S/C82H137N5O60/c1-18-40(101)52(113)58(119)76(128-18)126-17-34-67(47(108)35(71(124)129-34)83-19(2)96)140-73-37(85-21(4)98)49(110)66(31(14-95)135-73)144-80-62(123)68(145-82-70(56(117)44(105)27(10-91)133-82)147-75-39(87-23(6)100)51(112)65(30(13-94)137-75)143-79-61(122)55(116)43(104)26(9-90)132-79)46(107)33(138-80)16-127-81-69(146-74-38(86-22(5)99)50(111)64(29(12-93)136-74)142-78-60(121)54(115)42(103)25(8-89)131-78)57(118)45(106)32(139-81)15-125-72-36(84-20(3)97)48(109)63(28(11-92)134-72)141-77-59(120)53(114)41(102)24(7-88)130-77/h18,24-82,88-95,101-124H,7-17H2,1-6H3,(H,83,96)(H,84,97)(H,85,98)(H,86,99)(H,87,100)/t18-,24-,25-,26-,27-,28-,29-,30-,31-,32-,33-,34-,35-,36-,37-,38-,39-,40+,41+,42+,43+,44-,45-,46-,47-,48-,49-,50-,51-,52+,53+,54+,55+,56+,57+,58-,59-,60-,61-,62+,63-,64-,65-,66-,67-,68+,69+,70+,71+,72+,73+,74+,75+,76+,77+,78+,79+,80+,81+,82-/m1/s1. The monoisotopic (exact) mass is 2150 g/mol. The zero-order valence-corrected chi connectivity index (χ0v) is 79.2. The molecule has 0 radical (unpaired) electrons. The second kappa shape index (κ2) is 52.8. The molecule has 0 unspecified atom stereocenters. The number of aliphatic hydroxyl groups is 32. The number of hydrogen-bond donors (Lipinski definition) is 37. The molecule has 5 amide bonds. The van der Waals surface area contributed by atoms with Crippen molar-refractivity contribution in [2.24, 2.45) is 0 Å². The van der Waals surface area contributed by atoms with Crippen LogP contribution in [-0.4, -0.2) is 634 Å². The van der Waals surface area contributed by atoms with Crippen molar-refractivity contribution in [3.63, 3.8) is 0 Å². The van der Waals surface area contributed by atoms with Gasteiger partial charge in [-0.3, -0.25) is 24.0 Å². The Bertz CT molecular complexity index is 4110. The van der Waals surface area contributed by atoms with Gasteiger partial charge in [-0.05, 0) is 6.92 Å². The van der Waals surface area contributed by atoms with Gasteiger partial charge in [0.1, 0.15) is 287 Å². The normalized spacial score (nSPS) is 49.6. The maximum absolute atomic E-state index is 13.5. The zero-order valence-electron chi connectivity index (χ0n) is 79.2. The number of carbonyl (C=O) groups is 5. The summed E-state index contributed by atoms with van der Waals surface area (Å²) in [7, 11) is 0.